The second-order valence-corrected chi connectivity index (χ2v) is 4.56. The van der Waals surface area contributed by atoms with E-state index in [1.165, 1.54) is 0 Å². The van der Waals surface area contributed by atoms with Crippen molar-refractivity contribution in [3.63, 3.8) is 0 Å². The Balaban J connectivity index is 1.92. The summed E-state index contributed by atoms with van der Waals surface area (Å²) >= 11 is 3.33. The number of rotatable bonds is 5. The average Bonchev–Trinajstić information content (AvgIpc) is 2.83. The molecule has 0 unspecified atom stereocenters. The van der Waals surface area contributed by atoms with Gasteiger partial charge in [0.15, 0.2) is 6.61 Å². The van der Waals surface area contributed by atoms with Crippen LogP contribution in [0.15, 0.2) is 33.2 Å². The number of benzene rings is 1. The molecule has 1 aromatic heterocycles. The number of alkyl halides is 3. The van der Waals surface area contributed by atoms with Crippen LogP contribution in [0.25, 0.3) is 11.5 Å². The maximum Gasteiger partial charge on any atom is 0.413 e. The van der Waals surface area contributed by atoms with Crippen molar-refractivity contribution in [3.05, 3.63) is 34.6 Å². The minimum atomic E-state index is -4.39. The highest BCUT2D eigenvalue weighted by Crippen LogP contribution is 2.26. The van der Waals surface area contributed by atoms with E-state index in [9.17, 15) is 13.2 Å². The fourth-order valence-corrected chi connectivity index (χ4v) is 1.77. The Bertz CT molecular complexity index is 574. The van der Waals surface area contributed by atoms with E-state index in [4.69, 9.17) is 4.42 Å². The van der Waals surface area contributed by atoms with Gasteiger partial charge >= 0.3 is 6.18 Å². The van der Waals surface area contributed by atoms with Gasteiger partial charge in [0, 0.05) is 4.47 Å². The van der Waals surface area contributed by atoms with Crippen LogP contribution in [0.3, 0.4) is 0 Å². The fraction of sp³-hybridized carbons (Fsp3) is 0.273. The summed E-state index contributed by atoms with van der Waals surface area (Å²) in [7, 11) is 0. The number of hydroxylamine groups is 1. The molecule has 0 spiro atoms. The summed E-state index contributed by atoms with van der Waals surface area (Å²) in [4.78, 5) is 4.23. The first kappa shape index (κ1) is 14.9. The van der Waals surface area contributed by atoms with Crippen LogP contribution >= 0.6 is 15.9 Å². The Morgan fingerprint density at radius 3 is 2.70 bits per heavy atom. The van der Waals surface area contributed by atoms with Crippen LogP contribution in [-0.2, 0) is 11.4 Å². The Hall–Kier alpha value is -1.45. The zero-order chi connectivity index (χ0) is 14.6. The molecule has 0 amide bonds. The van der Waals surface area contributed by atoms with Crippen LogP contribution in [-0.4, -0.2) is 23.0 Å². The van der Waals surface area contributed by atoms with Crippen molar-refractivity contribution in [1.29, 1.82) is 0 Å². The van der Waals surface area contributed by atoms with Gasteiger partial charge in [0.05, 0.1) is 12.1 Å². The third kappa shape index (κ3) is 4.29. The van der Waals surface area contributed by atoms with Gasteiger partial charge in [0.25, 0.3) is 0 Å². The van der Waals surface area contributed by atoms with Crippen LogP contribution in [0.4, 0.5) is 13.2 Å². The largest absolute Gasteiger partial charge is 0.419 e. The van der Waals surface area contributed by atoms with Crippen LogP contribution in [0, 0.1) is 0 Å². The summed E-state index contributed by atoms with van der Waals surface area (Å²) in [5.74, 6) is 0.392. The predicted molar refractivity (Wildman–Crippen MR) is 66.3 cm³/mol. The molecule has 0 saturated carbocycles. The molecular formula is C11H9BrF3N3O2. The fourth-order valence-electron chi connectivity index (χ4n) is 1.31. The highest BCUT2D eigenvalue weighted by atomic mass is 79.9. The zero-order valence-corrected chi connectivity index (χ0v) is 11.5. The van der Waals surface area contributed by atoms with Gasteiger partial charge in [-0.25, -0.2) is 0 Å². The summed E-state index contributed by atoms with van der Waals surface area (Å²) in [6.07, 6.45) is -4.39. The Morgan fingerprint density at radius 1 is 1.25 bits per heavy atom. The molecule has 0 aliphatic carbocycles. The van der Waals surface area contributed by atoms with Crippen molar-refractivity contribution < 1.29 is 22.4 Å². The molecule has 1 aromatic carbocycles. The lowest BCUT2D eigenvalue weighted by atomic mass is 10.2. The number of hydrogen-bond donors (Lipinski definition) is 1. The maximum absolute atomic E-state index is 11.8. The molecule has 2 aromatic rings. The Labute approximate surface area is 120 Å². The SMILES string of the molecule is FC(F)(F)CONCc1nnc(-c2ccccc2Br)o1. The molecule has 5 nitrogen and oxygen atoms in total. The third-order valence-corrected chi connectivity index (χ3v) is 2.82. The predicted octanol–water partition coefficient (Wildman–Crippen LogP) is 3.08. The summed E-state index contributed by atoms with van der Waals surface area (Å²) in [5, 5.41) is 7.52. The first-order valence-electron chi connectivity index (χ1n) is 5.44. The number of nitrogens with zero attached hydrogens (tertiary/aromatic N) is 2. The lowest BCUT2D eigenvalue weighted by Crippen LogP contribution is -2.24. The van der Waals surface area contributed by atoms with E-state index in [1.54, 1.807) is 12.1 Å². The van der Waals surface area contributed by atoms with Crippen LogP contribution in [0.2, 0.25) is 0 Å². The first-order chi connectivity index (χ1) is 9.46. The first-order valence-corrected chi connectivity index (χ1v) is 6.24. The van der Waals surface area contributed by atoms with E-state index < -0.39 is 12.8 Å². The van der Waals surface area contributed by atoms with Gasteiger partial charge in [-0.2, -0.15) is 18.7 Å². The quantitative estimate of drug-likeness (QED) is 0.662. The van der Waals surface area contributed by atoms with Gasteiger partial charge < -0.3 is 4.42 Å². The number of nitrogens with one attached hydrogen (secondary N) is 1. The van der Waals surface area contributed by atoms with Gasteiger partial charge in [-0.1, -0.05) is 12.1 Å². The monoisotopic (exact) mass is 351 g/mol. The van der Waals surface area contributed by atoms with Crippen LogP contribution in [0.5, 0.6) is 0 Å². The van der Waals surface area contributed by atoms with E-state index in [1.807, 2.05) is 12.1 Å². The zero-order valence-electron chi connectivity index (χ0n) is 9.95. The molecule has 20 heavy (non-hydrogen) atoms. The summed E-state index contributed by atoms with van der Waals surface area (Å²) < 4.78 is 41.6. The van der Waals surface area contributed by atoms with Gasteiger partial charge in [-0.3, -0.25) is 4.84 Å². The number of hydrogen-bond acceptors (Lipinski definition) is 5. The molecule has 1 heterocycles. The maximum atomic E-state index is 11.8. The average molecular weight is 352 g/mol. The van der Waals surface area contributed by atoms with Crippen molar-refractivity contribution in [2.24, 2.45) is 0 Å². The standard InChI is InChI=1S/C11H9BrF3N3O2/c12-8-4-2-1-3-7(8)10-18-17-9(20-10)5-16-19-6-11(13,14)15/h1-4,16H,5-6H2. The van der Waals surface area contributed by atoms with Crippen molar-refractivity contribution in [3.8, 4) is 11.5 Å². The second kappa shape index (κ2) is 6.33. The van der Waals surface area contributed by atoms with Crippen LogP contribution < -0.4 is 5.48 Å². The molecule has 0 radical (unpaired) electrons. The summed E-state index contributed by atoms with van der Waals surface area (Å²) in [5.41, 5.74) is 2.81. The summed E-state index contributed by atoms with van der Waals surface area (Å²) in [6.45, 7) is -1.51. The van der Waals surface area contributed by atoms with E-state index >= 15 is 0 Å². The molecule has 0 aliphatic rings. The molecular weight excluding hydrogens is 343 g/mol. The molecule has 0 saturated heterocycles. The molecule has 108 valence electrons. The normalized spacial score (nSPS) is 11.8. The molecule has 0 aliphatic heterocycles. The molecule has 2 rings (SSSR count). The molecule has 1 N–H and O–H groups in total. The smallest absolute Gasteiger partial charge is 0.413 e. The van der Waals surface area contributed by atoms with E-state index in [0.29, 0.717) is 5.56 Å². The van der Waals surface area contributed by atoms with Gasteiger partial charge in [0.2, 0.25) is 11.8 Å². The molecule has 0 atom stereocenters. The second-order valence-electron chi connectivity index (χ2n) is 3.71. The Kier molecular flexibility index (Phi) is 4.73. The number of aromatic nitrogens is 2. The van der Waals surface area contributed by atoms with Crippen molar-refractivity contribution in [2.45, 2.75) is 12.7 Å². The lowest BCUT2D eigenvalue weighted by molar-refractivity contribution is -0.190. The lowest BCUT2D eigenvalue weighted by Gasteiger charge is -2.06. The number of halogens is 4. The van der Waals surface area contributed by atoms with Crippen molar-refractivity contribution in [1.82, 2.24) is 15.7 Å². The van der Waals surface area contributed by atoms with Gasteiger partial charge in [-0.05, 0) is 28.1 Å². The highest BCUT2D eigenvalue weighted by molar-refractivity contribution is 9.10. The van der Waals surface area contributed by atoms with Gasteiger partial charge in [-0.15, -0.1) is 10.2 Å². The van der Waals surface area contributed by atoms with Gasteiger partial charge in [0.1, 0.15) is 0 Å². The van der Waals surface area contributed by atoms with Crippen molar-refractivity contribution in [2.75, 3.05) is 6.61 Å². The highest BCUT2D eigenvalue weighted by Gasteiger charge is 2.27. The minimum Gasteiger partial charge on any atom is -0.419 e. The van der Waals surface area contributed by atoms with Crippen LogP contribution in [0.1, 0.15) is 5.89 Å². The van der Waals surface area contributed by atoms with Crippen molar-refractivity contribution >= 4 is 15.9 Å². The minimum absolute atomic E-state index is 0.118. The van der Waals surface area contributed by atoms with E-state index in [-0.39, 0.29) is 18.3 Å². The molecule has 9 heteroatoms. The molecule has 0 fully saturated rings. The Morgan fingerprint density at radius 2 is 2.00 bits per heavy atom. The van der Waals surface area contributed by atoms with E-state index in [2.05, 4.69) is 36.4 Å². The molecule has 0 bridgehead atoms. The third-order valence-electron chi connectivity index (χ3n) is 2.13. The summed E-state index contributed by atoms with van der Waals surface area (Å²) in [6, 6.07) is 7.21. The van der Waals surface area contributed by atoms with E-state index in [0.717, 1.165) is 4.47 Å². The topological polar surface area (TPSA) is 60.2 Å².